The van der Waals surface area contributed by atoms with Crippen molar-refractivity contribution < 1.29 is 13.2 Å². The van der Waals surface area contributed by atoms with Gasteiger partial charge in [0.25, 0.3) is 0 Å². The van der Waals surface area contributed by atoms with E-state index in [-0.39, 0.29) is 4.90 Å². The first-order chi connectivity index (χ1) is 8.60. The van der Waals surface area contributed by atoms with Gasteiger partial charge >= 0.3 is 0 Å². The van der Waals surface area contributed by atoms with Crippen molar-refractivity contribution in [1.29, 1.82) is 0 Å². The Kier molecular flexibility index (Phi) is 6.11. The molecule has 0 radical (unpaired) electrons. The molecule has 0 aliphatic heterocycles. The molecule has 0 unspecified atom stereocenters. The summed E-state index contributed by atoms with van der Waals surface area (Å²) < 4.78 is 31.3. The number of hydrogen-bond acceptors (Lipinski definition) is 4. The summed E-state index contributed by atoms with van der Waals surface area (Å²) in [6.45, 7) is 1.08. The van der Waals surface area contributed by atoms with E-state index < -0.39 is 10.0 Å². The Hall–Kier alpha value is -1.11. The fourth-order valence-electron chi connectivity index (χ4n) is 1.46. The Morgan fingerprint density at radius 2 is 1.83 bits per heavy atom. The number of benzene rings is 1. The maximum atomic E-state index is 11.9. The Labute approximate surface area is 109 Å². The molecule has 0 aliphatic carbocycles. The lowest BCUT2D eigenvalue weighted by Crippen LogP contribution is -2.24. The largest absolute Gasteiger partial charge is 0.388 e. The molecule has 0 atom stereocenters. The van der Waals surface area contributed by atoms with E-state index >= 15 is 0 Å². The van der Waals surface area contributed by atoms with Crippen molar-refractivity contribution in [2.24, 2.45) is 0 Å². The number of methoxy groups -OCH3 is 1. The topological polar surface area (TPSA) is 67.4 Å². The fraction of sp³-hybridized carbons (Fsp3) is 0.500. The summed E-state index contributed by atoms with van der Waals surface area (Å²) in [6.07, 6.45) is 1.61. The lowest BCUT2D eigenvalue weighted by molar-refractivity contribution is 0.193. The van der Waals surface area contributed by atoms with E-state index in [9.17, 15) is 8.42 Å². The molecule has 1 aromatic rings. The highest BCUT2D eigenvalue weighted by Gasteiger charge is 2.12. The molecule has 5 nitrogen and oxygen atoms in total. The van der Waals surface area contributed by atoms with Gasteiger partial charge in [-0.2, -0.15) is 0 Å². The molecule has 1 aromatic carbocycles. The van der Waals surface area contributed by atoms with Crippen molar-refractivity contribution in [2.75, 3.05) is 32.6 Å². The van der Waals surface area contributed by atoms with Crippen molar-refractivity contribution in [3.8, 4) is 0 Å². The minimum Gasteiger partial charge on any atom is -0.388 e. The molecule has 0 bridgehead atoms. The first kappa shape index (κ1) is 14.9. The van der Waals surface area contributed by atoms with Crippen LogP contribution < -0.4 is 10.0 Å². The smallest absolute Gasteiger partial charge is 0.240 e. The Morgan fingerprint density at radius 1 is 1.17 bits per heavy atom. The molecular weight excluding hydrogens is 252 g/mol. The highest BCUT2D eigenvalue weighted by molar-refractivity contribution is 7.89. The minimum atomic E-state index is -3.39. The van der Waals surface area contributed by atoms with Gasteiger partial charge in [-0.15, -0.1) is 0 Å². The van der Waals surface area contributed by atoms with Gasteiger partial charge in [-0.1, -0.05) is 0 Å². The second kappa shape index (κ2) is 7.35. The van der Waals surface area contributed by atoms with Crippen molar-refractivity contribution in [2.45, 2.75) is 17.7 Å². The van der Waals surface area contributed by atoms with Gasteiger partial charge in [-0.25, -0.2) is 13.1 Å². The summed E-state index contributed by atoms with van der Waals surface area (Å²) in [5.41, 5.74) is 0.883. The summed E-state index contributed by atoms with van der Waals surface area (Å²) in [6, 6.07) is 6.64. The van der Waals surface area contributed by atoms with Crippen LogP contribution in [0, 0.1) is 0 Å². The Bertz CT molecular complexity index is 443. The average molecular weight is 272 g/mol. The van der Waals surface area contributed by atoms with Gasteiger partial charge in [0, 0.05) is 33.0 Å². The third kappa shape index (κ3) is 4.64. The Morgan fingerprint density at radius 3 is 2.39 bits per heavy atom. The molecular formula is C12H20N2O3S. The van der Waals surface area contributed by atoms with Crippen LogP contribution in [-0.4, -0.2) is 35.7 Å². The van der Waals surface area contributed by atoms with E-state index in [4.69, 9.17) is 4.74 Å². The Balaban J connectivity index is 2.51. The van der Waals surface area contributed by atoms with Crippen molar-refractivity contribution >= 4 is 15.7 Å². The van der Waals surface area contributed by atoms with E-state index in [1.807, 2.05) is 0 Å². The van der Waals surface area contributed by atoms with Crippen LogP contribution in [0.4, 0.5) is 5.69 Å². The van der Waals surface area contributed by atoms with Crippen LogP contribution in [-0.2, 0) is 14.8 Å². The molecule has 0 heterocycles. The third-order valence-electron chi connectivity index (χ3n) is 2.52. The van der Waals surface area contributed by atoms with Crippen LogP contribution in [0.15, 0.2) is 29.2 Å². The van der Waals surface area contributed by atoms with Crippen molar-refractivity contribution in [3.63, 3.8) is 0 Å². The lowest BCUT2D eigenvalue weighted by Gasteiger charge is -2.07. The van der Waals surface area contributed by atoms with Gasteiger partial charge in [-0.05, 0) is 37.1 Å². The molecule has 0 saturated heterocycles. The molecule has 0 aromatic heterocycles. The molecule has 0 spiro atoms. The molecule has 0 amide bonds. The number of ether oxygens (including phenoxy) is 1. The van der Waals surface area contributed by atoms with Gasteiger partial charge in [0.2, 0.25) is 10.0 Å². The maximum Gasteiger partial charge on any atom is 0.240 e. The summed E-state index contributed by atoms with van der Waals surface area (Å²) in [5, 5.41) is 2.94. The first-order valence-electron chi connectivity index (χ1n) is 5.86. The number of sulfonamides is 1. The predicted octanol–water partition coefficient (Wildman–Crippen LogP) is 1.43. The molecule has 0 aliphatic rings. The fourth-order valence-corrected chi connectivity index (χ4v) is 2.54. The van der Waals surface area contributed by atoms with E-state index in [2.05, 4.69) is 10.0 Å². The average Bonchev–Trinajstić information content (AvgIpc) is 2.38. The summed E-state index contributed by atoms with van der Waals surface area (Å²) in [5.74, 6) is 0. The van der Waals surface area contributed by atoms with Crippen molar-refractivity contribution in [1.82, 2.24) is 4.72 Å². The van der Waals surface area contributed by atoms with E-state index in [1.165, 1.54) is 0 Å². The van der Waals surface area contributed by atoms with Gasteiger partial charge in [-0.3, -0.25) is 0 Å². The van der Waals surface area contributed by atoms with E-state index in [1.54, 1.807) is 38.4 Å². The van der Waals surface area contributed by atoms with Crippen LogP contribution in [0.5, 0.6) is 0 Å². The van der Waals surface area contributed by atoms with Gasteiger partial charge < -0.3 is 10.1 Å². The maximum absolute atomic E-state index is 11.9. The van der Waals surface area contributed by atoms with Gasteiger partial charge in [0.1, 0.15) is 0 Å². The minimum absolute atomic E-state index is 0.285. The molecule has 18 heavy (non-hydrogen) atoms. The first-order valence-corrected chi connectivity index (χ1v) is 7.35. The zero-order valence-electron chi connectivity index (χ0n) is 10.8. The second-order valence-corrected chi connectivity index (χ2v) is 5.64. The number of anilines is 1. The molecule has 1 rings (SSSR count). The number of rotatable bonds is 8. The standard InChI is InChI=1S/C12H20N2O3S/c1-13-11-5-7-12(8-6-11)18(15,16)14-9-3-4-10-17-2/h5-8,13-14H,3-4,9-10H2,1-2H3. The highest BCUT2D eigenvalue weighted by atomic mass is 32.2. The number of nitrogens with one attached hydrogen (secondary N) is 2. The van der Waals surface area contributed by atoms with Crippen LogP contribution in [0.2, 0.25) is 0 Å². The summed E-state index contributed by atoms with van der Waals surface area (Å²) in [4.78, 5) is 0.285. The zero-order chi connectivity index (χ0) is 13.4. The summed E-state index contributed by atoms with van der Waals surface area (Å²) >= 11 is 0. The number of hydrogen-bond donors (Lipinski definition) is 2. The molecule has 0 fully saturated rings. The van der Waals surface area contributed by atoms with E-state index in [0.29, 0.717) is 13.2 Å². The highest BCUT2D eigenvalue weighted by Crippen LogP contribution is 2.13. The third-order valence-corrected chi connectivity index (χ3v) is 4.00. The van der Waals surface area contributed by atoms with Gasteiger partial charge in [0.15, 0.2) is 0 Å². The molecule has 102 valence electrons. The normalized spacial score (nSPS) is 11.4. The number of unbranched alkanes of at least 4 members (excludes halogenated alkanes) is 1. The summed E-state index contributed by atoms with van der Waals surface area (Å²) in [7, 11) is 0.0306. The van der Waals surface area contributed by atoms with Crippen molar-refractivity contribution in [3.05, 3.63) is 24.3 Å². The SMILES string of the molecule is CNc1ccc(S(=O)(=O)NCCCCOC)cc1. The van der Waals surface area contributed by atoms with Crippen LogP contribution in [0.3, 0.4) is 0 Å². The lowest BCUT2D eigenvalue weighted by atomic mass is 10.3. The van der Waals surface area contributed by atoms with Crippen LogP contribution in [0.25, 0.3) is 0 Å². The molecule has 0 saturated carbocycles. The predicted molar refractivity (Wildman–Crippen MR) is 72.3 cm³/mol. The zero-order valence-corrected chi connectivity index (χ0v) is 11.6. The second-order valence-electron chi connectivity index (χ2n) is 3.87. The quantitative estimate of drug-likeness (QED) is 0.703. The van der Waals surface area contributed by atoms with Gasteiger partial charge in [0.05, 0.1) is 4.90 Å². The molecule has 2 N–H and O–H groups in total. The van der Waals surface area contributed by atoms with Crippen LogP contribution in [0.1, 0.15) is 12.8 Å². The molecule has 6 heteroatoms. The van der Waals surface area contributed by atoms with Crippen LogP contribution >= 0.6 is 0 Å². The van der Waals surface area contributed by atoms with E-state index in [0.717, 1.165) is 18.5 Å². The monoisotopic (exact) mass is 272 g/mol.